The van der Waals surface area contributed by atoms with E-state index in [1.807, 2.05) is 76.2 Å². The molecule has 0 bridgehead atoms. The van der Waals surface area contributed by atoms with Crippen LogP contribution in [0.3, 0.4) is 0 Å². The molecule has 0 fully saturated rings. The fourth-order valence-electron chi connectivity index (χ4n) is 3.06. The minimum Gasteiger partial charge on any atom is -0.487 e. The number of hydrogen-bond donors (Lipinski definition) is 0. The minimum absolute atomic E-state index is 0.0949. The SMILES string of the molecule is CC(=O)Oc1ccc(C(C)(C)c2ccc(OC(C)(C)C(C)(C)C(C)=O)cc2)cc1. The summed E-state index contributed by atoms with van der Waals surface area (Å²) in [6.07, 6.45) is 0. The van der Waals surface area contributed by atoms with Gasteiger partial charge in [0.1, 0.15) is 22.9 Å². The van der Waals surface area contributed by atoms with Gasteiger partial charge in [0.05, 0.1) is 5.41 Å². The molecule has 0 aromatic heterocycles. The fourth-order valence-corrected chi connectivity index (χ4v) is 3.06. The Kier molecular flexibility index (Phi) is 6.27. The number of Topliss-reactive ketones (excluding diaryl/α,β-unsaturated/α-hetero) is 1. The second-order valence-corrected chi connectivity index (χ2v) is 9.06. The van der Waals surface area contributed by atoms with Gasteiger partial charge in [-0.05, 0) is 70.0 Å². The van der Waals surface area contributed by atoms with Gasteiger partial charge in [-0.15, -0.1) is 0 Å². The summed E-state index contributed by atoms with van der Waals surface area (Å²) in [5.41, 5.74) is 0.771. The lowest BCUT2D eigenvalue weighted by atomic mass is 9.74. The number of ketones is 1. The van der Waals surface area contributed by atoms with E-state index in [2.05, 4.69) is 13.8 Å². The zero-order chi connectivity index (χ0) is 22.0. The molecule has 0 heterocycles. The van der Waals surface area contributed by atoms with Gasteiger partial charge in [0.15, 0.2) is 0 Å². The van der Waals surface area contributed by atoms with Gasteiger partial charge in [-0.3, -0.25) is 9.59 Å². The van der Waals surface area contributed by atoms with Crippen LogP contribution in [0.5, 0.6) is 11.5 Å². The van der Waals surface area contributed by atoms with Crippen molar-refractivity contribution >= 4 is 11.8 Å². The lowest BCUT2D eigenvalue weighted by Gasteiger charge is -2.39. The second-order valence-electron chi connectivity index (χ2n) is 9.06. The van der Waals surface area contributed by atoms with Crippen LogP contribution < -0.4 is 9.47 Å². The maximum atomic E-state index is 12.0. The summed E-state index contributed by atoms with van der Waals surface area (Å²) in [5.74, 6) is 1.03. The molecule has 156 valence electrons. The summed E-state index contributed by atoms with van der Waals surface area (Å²) in [6.45, 7) is 15.0. The Hall–Kier alpha value is -2.62. The average Bonchev–Trinajstić information content (AvgIpc) is 2.61. The zero-order valence-corrected chi connectivity index (χ0v) is 18.8. The second kappa shape index (κ2) is 8.02. The molecule has 0 amide bonds. The molecule has 0 unspecified atom stereocenters. The first kappa shape index (κ1) is 22.7. The van der Waals surface area contributed by atoms with Crippen molar-refractivity contribution in [3.63, 3.8) is 0 Å². The zero-order valence-electron chi connectivity index (χ0n) is 18.8. The molecule has 2 rings (SSSR count). The van der Waals surface area contributed by atoms with Crippen molar-refractivity contribution in [3.8, 4) is 11.5 Å². The van der Waals surface area contributed by atoms with E-state index in [1.165, 1.54) is 6.92 Å². The molecule has 0 saturated heterocycles. The molecule has 0 radical (unpaired) electrons. The van der Waals surface area contributed by atoms with Gasteiger partial charge in [0, 0.05) is 12.3 Å². The summed E-state index contributed by atoms with van der Waals surface area (Å²) in [7, 11) is 0. The van der Waals surface area contributed by atoms with Crippen LogP contribution in [0.25, 0.3) is 0 Å². The summed E-state index contributed by atoms with van der Waals surface area (Å²) >= 11 is 0. The smallest absolute Gasteiger partial charge is 0.308 e. The predicted octanol–water partition coefficient (Wildman–Crippen LogP) is 5.71. The van der Waals surface area contributed by atoms with Crippen molar-refractivity contribution in [1.82, 2.24) is 0 Å². The first-order chi connectivity index (χ1) is 13.3. The topological polar surface area (TPSA) is 52.6 Å². The van der Waals surface area contributed by atoms with Gasteiger partial charge in [0.2, 0.25) is 0 Å². The third-order valence-corrected chi connectivity index (χ3v) is 6.17. The Bertz CT molecular complexity index is 872. The van der Waals surface area contributed by atoms with Crippen LogP contribution in [0.2, 0.25) is 0 Å². The summed E-state index contributed by atoms with van der Waals surface area (Å²) in [4.78, 5) is 23.1. The van der Waals surface area contributed by atoms with Crippen LogP contribution in [-0.2, 0) is 15.0 Å². The van der Waals surface area contributed by atoms with E-state index in [0.717, 1.165) is 16.9 Å². The number of carbonyl (C=O) groups is 2. The van der Waals surface area contributed by atoms with Crippen LogP contribution in [0.4, 0.5) is 0 Å². The highest BCUT2D eigenvalue weighted by molar-refractivity contribution is 5.82. The van der Waals surface area contributed by atoms with Crippen molar-refractivity contribution in [1.29, 1.82) is 0 Å². The number of ether oxygens (including phenoxy) is 2. The number of hydrogen-bond acceptors (Lipinski definition) is 4. The Morgan fingerprint density at radius 2 is 1.10 bits per heavy atom. The number of benzene rings is 2. The van der Waals surface area contributed by atoms with Crippen molar-refractivity contribution in [2.75, 3.05) is 0 Å². The Labute approximate surface area is 174 Å². The van der Waals surface area contributed by atoms with Crippen LogP contribution in [-0.4, -0.2) is 17.4 Å². The Morgan fingerprint density at radius 1 is 0.690 bits per heavy atom. The molecule has 0 spiro atoms. The van der Waals surface area contributed by atoms with E-state index in [-0.39, 0.29) is 17.2 Å². The largest absolute Gasteiger partial charge is 0.487 e. The number of esters is 1. The Morgan fingerprint density at radius 3 is 1.48 bits per heavy atom. The van der Waals surface area contributed by atoms with Gasteiger partial charge in [-0.1, -0.05) is 38.1 Å². The lowest BCUT2D eigenvalue weighted by molar-refractivity contribution is -0.135. The third-order valence-electron chi connectivity index (χ3n) is 6.17. The Balaban J connectivity index is 2.22. The summed E-state index contributed by atoms with van der Waals surface area (Å²) < 4.78 is 11.3. The molecule has 4 heteroatoms. The van der Waals surface area contributed by atoms with E-state index in [9.17, 15) is 9.59 Å². The minimum atomic E-state index is -0.636. The molecule has 0 atom stereocenters. The monoisotopic (exact) mass is 396 g/mol. The van der Waals surface area contributed by atoms with Gasteiger partial charge in [-0.25, -0.2) is 0 Å². The standard InChI is InChI=1S/C25H32O4/c1-17(26)24(5,6)25(7,8)29-22-15-11-20(12-16-22)23(3,4)19-9-13-21(14-10-19)28-18(2)27/h9-16H,1-8H3. The molecule has 0 aliphatic rings. The quantitative estimate of drug-likeness (QED) is 0.444. The summed E-state index contributed by atoms with van der Waals surface area (Å²) in [6, 6.07) is 15.6. The molecule has 0 aliphatic heterocycles. The maximum absolute atomic E-state index is 12.0. The van der Waals surface area contributed by atoms with Crippen molar-refractivity contribution in [2.24, 2.45) is 5.41 Å². The maximum Gasteiger partial charge on any atom is 0.308 e. The van der Waals surface area contributed by atoms with Crippen LogP contribution in [0.15, 0.2) is 48.5 Å². The van der Waals surface area contributed by atoms with Crippen molar-refractivity contribution in [3.05, 3.63) is 59.7 Å². The van der Waals surface area contributed by atoms with E-state index >= 15 is 0 Å². The molecule has 0 aliphatic carbocycles. The third kappa shape index (κ3) is 4.87. The average molecular weight is 397 g/mol. The highest BCUT2D eigenvalue weighted by Crippen LogP contribution is 2.37. The molecule has 0 N–H and O–H groups in total. The first-order valence-electron chi connectivity index (χ1n) is 9.87. The molecular formula is C25H32O4. The van der Waals surface area contributed by atoms with Crippen LogP contribution in [0, 0.1) is 5.41 Å². The highest BCUT2D eigenvalue weighted by atomic mass is 16.5. The van der Waals surface area contributed by atoms with E-state index < -0.39 is 11.0 Å². The molecule has 2 aromatic carbocycles. The predicted molar refractivity (Wildman–Crippen MR) is 115 cm³/mol. The molecule has 2 aromatic rings. The normalized spacial score (nSPS) is 12.4. The summed E-state index contributed by atoms with van der Waals surface area (Å²) in [5, 5.41) is 0. The van der Waals surface area contributed by atoms with Crippen molar-refractivity contribution < 1.29 is 19.1 Å². The van der Waals surface area contributed by atoms with Crippen molar-refractivity contribution in [2.45, 2.75) is 66.4 Å². The van der Waals surface area contributed by atoms with Crippen LogP contribution >= 0.6 is 0 Å². The lowest BCUT2D eigenvalue weighted by Crippen LogP contribution is -2.48. The van der Waals surface area contributed by atoms with E-state index in [1.54, 1.807) is 6.92 Å². The van der Waals surface area contributed by atoms with Crippen LogP contribution in [0.1, 0.15) is 66.5 Å². The van der Waals surface area contributed by atoms with Gasteiger partial charge in [0.25, 0.3) is 0 Å². The van der Waals surface area contributed by atoms with Gasteiger partial charge < -0.3 is 9.47 Å². The van der Waals surface area contributed by atoms with Gasteiger partial charge in [-0.2, -0.15) is 0 Å². The van der Waals surface area contributed by atoms with E-state index in [4.69, 9.17) is 9.47 Å². The van der Waals surface area contributed by atoms with E-state index in [0.29, 0.717) is 5.75 Å². The molecule has 4 nitrogen and oxygen atoms in total. The van der Waals surface area contributed by atoms with Gasteiger partial charge >= 0.3 is 5.97 Å². The fraction of sp³-hybridized carbons (Fsp3) is 0.440. The number of rotatable bonds is 7. The number of carbonyl (C=O) groups excluding carboxylic acids is 2. The molecule has 0 saturated carbocycles. The molecule has 29 heavy (non-hydrogen) atoms. The molecular weight excluding hydrogens is 364 g/mol. The highest BCUT2D eigenvalue weighted by Gasteiger charge is 2.43. The first-order valence-corrected chi connectivity index (χ1v) is 9.87.